The van der Waals surface area contributed by atoms with E-state index in [1.807, 2.05) is 13.8 Å². The Bertz CT molecular complexity index is 709. The lowest BCUT2D eigenvalue weighted by molar-refractivity contribution is -0.384. The van der Waals surface area contributed by atoms with Crippen molar-refractivity contribution in [2.75, 3.05) is 7.11 Å². The number of nitro groups is 1. The number of nitro benzene ring substituents is 1. The summed E-state index contributed by atoms with van der Waals surface area (Å²) in [5.41, 5.74) is 1.12. The molecule has 0 saturated heterocycles. The molecule has 0 atom stereocenters. The number of rotatable bonds is 6. The molecule has 8 nitrogen and oxygen atoms in total. The quantitative estimate of drug-likeness (QED) is 0.460. The maximum atomic E-state index is 11.1. The highest BCUT2D eigenvalue weighted by atomic mass is 16.6. The second-order valence-corrected chi connectivity index (χ2v) is 5.16. The molecule has 8 heteroatoms. The molecule has 0 fully saturated rings. The predicted molar refractivity (Wildman–Crippen MR) is 78.5 cm³/mol. The molecule has 1 heterocycles. The first-order valence-corrected chi connectivity index (χ1v) is 6.70. The summed E-state index contributed by atoms with van der Waals surface area (Å²) in [6, 6.07) is 4.20. The zero-order valence-corrected chi connectivity index (χ0v) is 12.5. The third kappa shape index (κ3) is 2.95. The summed E-state index contributed by atoms with van der Waals surface area (Å²) in [6.45, 7) is 3.99. The Morgan fingerprint density at radius 1 is 1.45 bits per heavy atom. The Balaban J connectivity index is 2.64. The maximum Gasteiger partial charge on any atom is 0.271 e. The molecule has 0 bridgehead atoms. The Hall–Kier alpha value is -2.77. The van der Waals surface area contributed by atoms with Gasteiger partial charge in [-0.15, -0.1) is 5.10 Å². The predicted octanol–water partition coefficient (Wildman–Crippen LogP) is 2.20. The molecule has 0 N–H and O–H groups in total. The van der Waals surface area contributed by atoms with Crippen LogP contribution in [0.25, 0.3) is 5.69 Å². The smallest absolute Gasteiger partial charge is 0.271 e. The van der Waals surface area contributed by atoms with Gasteiger partial charge in [-0.2, -0.15) is 0 Å². The molecule has 0 radical (unpaired) electrons. The van der Waals surface area contributed by atoms with Gasteiger partial charge in [0.1, 0.15) is 17.1 Å². The Morgan fingerprint density at radius 2 is 2.18 bits per heavy atom. The molecule has 1 aromatic heterocycles. The number of hydrogen-bond acceptors (Lipinski definition) is 6. The number of benzene rings is 1. The fourth-order valence-corrected chi connectivity index (χ4v) is 2.13. The summed E-state index contributed by atoms with van der Waals surface area (Å²) in [6.07, 6.45) is 1.19. The van der Waals surface area contributed by atoms with E-state index in [-0.39, 0.29) is 17.3 Å². The lowest BCUT2D eigenvalue weighted by Gasteiger charge is -2.12. The van der Waals surface area contributed by atoms with Crippen LogP contribution < -0.4 is 4.74 Å². The zero-order valence-electron chi connectivity index (χ0n) is 12.5. The molecule has 0 unspecified atom stereocenters. The lowest BCUT2D eigenvalue weighted by Crippen LogP contribution is -2.09. The number of nitrogens with zero attached hydrogens (tertiary/aromatic N) is 4. The summed E-state index contributed by atoms with van der Waals surface area (Å²) >= 11 is 0. The molecule has 0 aliphatic carbocycles. The largest absolute Gasteiger partial charge is 0.494 e. The van der Waals surface area contributed by atoms with Crippen LogP contribution in [0.5, 0.6) is 5.75 Å². The standard InChI is InChI=1S/C14H16N4O4/c1-9(2)6-12-11(8-19)15-16-17(12)13-7-10(18(20)21)4-5-14(13)22-3/h4-5,7-9H,6H2,1-3H3. The first kappa shape index (κ1) is 15.6. The highest BCUT2D eigenvalue weighted by molar-refractivity contribution is 5.73. The van der Waals surface area contributed by atoms with Gasteiger partial charge in [-0.25, -0.2) is 4.68 Å². The second-order valence-electron chi connectivity index (χ2n) is 5.16. The normalized spacial score (nSPS) is 10.7. The van der Waals surface area contributed by atoms with E-state index in [4.69, 9.17) is 4.74 Å². The Kier molecular flexibility index (Phi) is 4.50. The van der Waals surface area contributed by atoms with Gasteiger partial charge in [0, 0.05) is 12.1 Å². The summed E-state index contributed by atoms with van der Waals surface area (Å²) < 4.78 is 6.66. The van der Waals surface area contributed by atoms with Crippen molar-refractivity contribution >= 4 is 12.0 Å². The highest BCUT2D eigenvalue weighted by Crippen LogP contribution is 2.29. The number of carbonyl (C=O) groups excluding carboxylic acids is 1. The van der Waals surface area contributed by atoms with E-state index in [9.17, 15) is 14.9 Å². The maximum absolute atomic E-state index is 11.1. The summed E-state index contributed by atoms with van der Waals surface area (Å²) in [5.74, 6) is 0.679. The minimum atomic E-state index is -0.497. The van der Waals surface area contributed by atoms with Gasteiger partial charge in [0.15, 0.2) is 6.29 Å². The fraction of sp³-hybridized carbons (Fsp3) is 0.357. The van der Waals surface area contributed by atoms with E-state index in [2.05, 4.69) is 10.3 Å². The molecule has 1 aromatic carbocycles. The molecule has 0 aliphatic rings. The summed E-state index contributed by atoms with van der Waals surface area (Å²) in [4.78, 5) is 21.6. The van der Waals surface area contributed by atoms with Gasteiger partial charge in [-0.1, -0.05) is 19.1 Å². The molecular formula is C14H16N4O4. The minimum Gasteiger partial charge on any atom is -0.494 e. The topological polar surface area (TPSA) is 100 Å². The van der Waals surface area contributed by atoms with Crippen LogP contribution >= 0.6 is 0 Å². The monoisotopic (exact) mass is 304 g/mol. The van der Waals surface area contributed by atoms with Gasteiger partial charge < -0.3 is 4.74 Å². The summed E-state index contributed by atoms with van der Waals surface area (Å²) in [5, 5.41) is 18.8. The number of hydrogen-bond donors (Lipinski definition) is 0. The molecule has 2 rings (SSSR count). The van der Waals surface area contributed by atoms with Crippen molar-refractivity contribution in [3.63, 3.8) is 0 Å². The van der Waals surface area contributed by atoms with Crippen LogP contribution in [-0.4, -0.2) is 33.3 Å². The average molecular weight is 304 g/mol. The number of carbonyl (C=O) groups is 1. The molecule has 116 valence electrons. The van der Waals surface area contributed by atoms with E-state index in [0.29, 0.717) is 29.8 Å². The first-order chi connectivity index (χ1) is 10.5. The van der Waals surface area contributed by atoms with Gasteiger partial charge in [0.2, 0.25) is 0 Å². The van der Waals surface area contributed by atoms with E-state index in [0.717, 1.165) is 0 Å². The average Bonchev–Trinajstić information content (AvgIpc) is 2.88. The van der Waals surface area contributed by atoms with Crippen molar-refractivity contribution in [1.29, 1.82) is 0 Å². The van der Waals surface area contributed by atoms with Gasteiger partial charge in [-0.05, 0) is 18.4 Å². The van der Waals surface area contributed by atoms with Crippen LogP contribution in [0, 0.1) is 16.0 Å². The molecule has 0 spiro atoms. The molecular weight excluding hydrogens is 288 g/mol. The van der Waals surface area contributed by atoms with Crippen LogP contribution in [0.15, 0.2) is 18.2 Å². The summed E-state index contributed by atoms with van der Waals surface area (Å²) in [7, 11) is 1.46. The van der Waals surface area contributed by atoms with E-state index >= 15 is 0 Å². The number of methoxy groups -OCH3 is 1. The lowest BCUT2D eigenvalue weighted by atomic mass is 10.1. The molecule has 2 aromatic rings. The highest BCUT2D eigenvalue weighted by Gasteiger charge is 2.20. The first-order valence-electron chi connectivity index (χ1n) is 6.70. The Morgan fingerprint density at radius 3 is 2.73 bits per heavy atom. The van der Waals surface area contributed by atoms with Crippen molar-refractivity contribution in [2.45, 2.75) is 20.3 Å². The van der Waals surface area contributed by atoms with Crippen LogP contribution in [0.2, 0.25) is 0 Å². The third-order valence-corrected chi connectivity index (χ3v) is 3.11. The zero-order chi connectivity index (χ0) is 16.3. The molecule has 22 heavy (non-hydrogen) atoms. The third-order valence-electron chi connectivity index (χ3n) is 3.11. The van der Waals surface area contributed by atoms with Crippen molar-refractivity contribution < 1.29 is 14.5 Å². The van der Waals surface area contributed by atoms with Crippen molar-refractivity contribution in [1.82, 2.24) is 15.0 Å². The van der Waals surface area contributed by atoms with Gasteiger partial charge >= 0.3 is 0 Å². The van der Waals surface area contributed by atoms with Crippen molar-refractivity contribution in [3.8, 4) is 11.4 Å². The van der Waals surface area contributed by atoms with Gasteiger partial charge in [0.05, 0.1) is 17.7 Å². The number of aromatic nitrogens is 3. The van der Waals surface area contributed by atoms with Crippen molar-refractivity contribution in [3.05, 3.63) is 39.7 Å². The number of aldehydes is 1. The molecule has 0 amide bonds. The number of ether oxygens (including phenoxy) is 1. The fourth-order valence-electron chi connectivity index (χ4n) is 2.13. The molecule has 0 saturated carbocycles. The Labute approximate surface area is 126 Å². The van der Waals surface area contributed by atoms with Crippen LogP contribution in [0.4, 0.5) is 5.69 Å². The van der Waals surface area contributed by atoms with Gasteiger partial charge in [-0.3, -0.25) is 14.9 Å². The minimum absolute atomic E-state index is 0.0885. The van der Waals surface area contributed by atoms with E-state index in [1.165, 1.54) is 30.0 Å². The van der Waals surface area contributed by atoms with Crippen molar-refractivity contribution in [2.24, 2.45) is 5.92 Å². The van der Waals surface area contributed by atoms with Crippen LogP contribution in [-0.2, 0) is 6.42 Å². The van der Waals surface area contributed by atoms with Crippen LogP contribution in [0.3, 0.4) is 0 Å². The van der Waals surface area contributed by atoms with E-state index in [1.54, 1.807) is 0 Å². The molecule has 0 aliphatic heterocycles. The number of non-ortho nitro benzene ring substituents is 1. The van der Waals surface area contributed by atoms with Gasteiger partial charge in [0.25, 0.3) is 5.69 Å². The second kappa shape index (κ2) is 6.33. The SMILES string of the molecule is COc1ccc([N+](=O)[O-])cc1-n1nnc(C=O)c1CC(C)C. The van der Waals surface area contributed by atoms with Crippen LogP contribution in [0.1, 0.15) is 30.0 Å². The van der Waals surface area contributed by atoms with E-state index < -0.39 is 4.92 Å².